The lowest BCUT2D eigenvalue weighted by Gasteiger charge is -2.15. The van der Waals surface area contributed by atoms with Crippen LogP contribution in [0.1, 0.15) is 25.0 Å². The van der Waals surface area contributed by atoms with Gasteiger partial charge >= 0.3 is 0 Å². The van der Waals surface area contributed by atoms with Crippen LogP contribution in [0.15, 0.2) is 48.5 Å². The zero-order chi connectivity index (χ0) is 19.0. The van der Waals surface area contributed by atoms with Gasteiger partial charge in [0.05, 0.1) is 5.75 Å². The molecule has 2 aromatic carbocycles. The van der Waals surface area contributed by atoms with Gasteiger partial charge in [-0.3, -0.25) is 0 Å². The van der Waals surface area contributed by atoms with E-state index in [1.165, 1.54) is 12.1 Å². The van der Waals surface area contributed by atoms with E-state index in [2.05, 4.69) is 10.0 Å². The minimum Gasteiger partial charge on any atom is -0.489 e. The molecule has 0 saturated carbocycles. The fourth-order valence-electron chi connectivity index (χ4n) is 2.22. The second-order valence-electron chi connectivity index (χ2n) is 6.10. The highest BCUT2D eigenvalue weighted by atomic mass is 32.2. The summed E-state index contributed by atoms with van der Waals surface area (Å²) < 4.78 is 44.2. The topological polar surface area (TPSA) is 67.4 Å². The molecule has 0 aliphatic carbocycles. The lowest BCUT2D eigenvalue weighted by molar-refractivity contribution is 0.305. The van der Waals surface area contributed by atoms with E-state index in [0.29, 0.717) is 25.4 Å². The summed E-state index contributed by atoms with van der Waals surface area (Å²) in [5.74, 6) is 0.515. The summed E-state index contributed by atoms with van der Waals surface area (Å²) in [4.78, 5) is 0. The monoisotopic (exact) mass is 380 g/mol. The van der Waals surface area contributed by atoms with Crippen LogP contribution in [0, 0.1) is 5.82 Å². The Morgan fingerprint density at radius 2 is 1.85 bits per heavy atom. The first-order valence-corrected chi connectivity index (χ1v) is 10.2. The number of nitrogens with one attached hydrogen (secondary N) is 2. The molecule has 26 heavy (non-hydrogen) atoms. The van der Waals surface area contributed by atoms with E-state index in [0.717, 1.165) is 11.1 Å². The fourth-order valence-corrected chi connectivity index (χ4v) is 2.92. The highest BCUT2D eigenvalue weighted by Crippen LogP contribution is 2.15. The molecule has 2 aromatic rings. The van der Waals surface area contributed by atoms with Gasteiger partial charge in [-0.1, -0.05) is 24.3 Å². The maximum Gasteiger partial charge on any atom is 0.211 e. The van der Waals surface area contributed by atoms with Crippen molar-refractivity contribution in [3.05, 3.63) is 65.5 Å². The molecule has 7 heteroatoms. The molecule has 0 bridgehead atoms. The van der Waals surface area contributed by atoms with Gasteiger partial charge in [-0.2, -0.15) is 0 Å². The number of halogens is 1. The van der Waals surface area contributed by atoms with Gasteiger partial charge in [0, 0.05) is 19.1 Å². The minimum absolute atomic E-state index is 0.0141. The number of hydrogen-bond donors (Lipinski definition) is 2. The maximum atomic E-state index is 13.1. The largest absolute Gasteiger partial charge is 0.489 e. The molecule has 0 aliphatic rings. The number of rotatable bonds is 10. The van der Waals surface area contributed by atoms with Gasteiger partial charge in [-0.05, 0) is 49.2 Å². The fraction of sp³-hybridized carbons (Fsp3) is 0.368. The minimum atomic E-state index is -3.17. The molecule has 0 heterocycles. The first-order chi connectivity index (χ1) is 12.4. The van der Waals surface area contributed by atoms with Crippen LogP contribution in [0.25, 0.3) is 0 Å². The van der Waals surface area contributed by atoms with Crippen LogP contribution in [0.2, 0.25) is 0 Å². The third-order valence-electron chi connectivity index (χ3n) is 3.86. The quantitative estimate of drug-likeness (QED) is 0.665. The highest BCUT2D eigenvalue weighted by Gasteiger charge is 2.09. The van der Waals surface area contributed by atoms with E-state index in [-0.39, 0.29) is 17.6 Å². The van der Waals surface area contributed by atoms with Crippen LogP contribution in [0.4, 0.5) is 4.39 Å². The van der Waals surface area contributed by atoms with Crippen LogP contribution in [-0.4, -0.2) is 26.8 Å². The van der Waals surface area contributed by atoms with E-state index < -0.39 is 10.0 Å². The van der Waals surface area contributed by atoms with Crippen molar-refractivity contribution in [1.82, 2.24) is 10.0 Å². The third-order valence-corrected chi connectivity index (χ3v) is 5.23. The summed E-state index contributed by atoms with van der Waals surface area (Å²) >= 11 is 0. The van der Waals surface area contributed by atoms with E-state index >= 15 is 0 Å². The summed E-state index contributed by atoms with van der Waals surface area (Å²) in [6.07, 6.45) is 0. The lowest BCUT2D eigenvalue weighted by atomic mass is 10.2. The molecule has 5 nitrogen and oxygen atoms in total. The predicted octanol–water partition coefficient (Wildman–Crippen LogP) is 2.82. The Labute approximate surface area is 154 Å². The standard InChI is InChI=1S/C19H25FN2O3S/c1-3-26(23,24)22-12-15(2)21-13-16-7-9-19(10-8-16)25-14-17-5-4-6-18(20)11-17/h4-11,15,21-22H,3,12-14H2,1-2H3/t15-/m0/s1. The van der Waals surface area contributed by atoms with Crippen LogP contribution < -0.4 is 14.8 Å². The molecule has 142 valence electrons. The predicted molar refractivity (Wildman–Crippen MR) is 101 cm³/mol. The Balaban J connectivity index is 1.76. The highest BCUT2D eigenvalue weighted by molar-refractivity contribution is 7.89. The van der Waals surface area contributed by atoms with Crippen molar-refractivity contribution >= 4 is 10.0 Å². The summed E-state index contributed by atoms with van der Waals surface area (Å²) in [6.45, 7) is 4.82. The smallest absolute Gasteiger partial charge is 0.211 e. The van der Waals surface area contributed by atoms with Gasteiger partial charge in [-0.25, -0.2) is 17.5 Å². The summed E-state index contributed by atoms with van der Waals surface area (Å²) in [7, 11) is -3.17. The molecule has 2 N–H and O–H groups in total. The average molecular weight is 380 g/mol. The zero-order valence-corrected chi connectivity index (χ0v) is 15.9. The Kier molecular flexibility index (Phi) is 7.56. The third kappa shape index (κ3) is 7.11. The molecule has 0 aromatic heterocycles. The molecule has 1 atom stereocenters. The molecule has 0 fully saturated rings. The van der Waals surface area contributed by atoms with E-state index in [9.17, 15) is 12.8 Å². The summed E-state index contributed by atoms with van der Waals surface area (Å²) in [5.41, 5.74) is 1.84. The van der Waals surface area contributed by atoms with Gasteiger partial charge in [0.1, 0.15) is 18.2 Å². The van der Waals surface area contributed by atoms with Crippen molar-refractivity contribution in [1.29, 1.82) is 0 Å². The molecular weight excluding hydrogens is 355 g/mol. The molecule has 2 rings (SSSR count). The molecule has 0 saturated heterocycles. The van der Waals surface area contributed by atoms with Crippen molar-refractivity contribution in [2.24, 2.45) is 0 Å². The maximum absolute atomic E-state index is 13.1. The number of ether oxygens (including phenoxy) is 1. The summed E-state index contributed by atoms with van der Waals surface area (Å²) in [5, 5.41) is 3.27. The second kappa shape index (κ2) is 9.66. The molecule has 0 amide bonds. The van der Waals surface area contributed by atoms with Crippen molar-refractivity contribution in [2.75, 3.05) is 12.3 Å². The van der Waals surface area contributed by atoms with Gasteiger partial charge in [0.15, 0.2) is 0 Å². The molecule has 0 spiro atoms. The van der Waals surface area contributed by atoms with Crippen molar-refractivity contribution in [3.8, 4) is 5.75 Å². The van der Waals surface area contributed by atoms with Crippen molar-refractivity contribution in [3.63, 3.8) is 0 Å². The Morgan fingerprint density at radius 3 is 2.50 bits per heavy atom. The van der Waals surface area contributed by atoms with Crippen LogP contribution in [0.5, 0.6) is 5.75 Å². The first kappa shape index (κ1) is 20.4. The molecular formula is C19H25FN2O3S. The lowest BCUT2D eigenvalue weighted by Crippen LogP contribution is -2.39. The second-order valence-corrected chi connectivity index (χ2v) is 8.19. The van der Waals surface area contributed by atoms with E-state index in [4.69, 9.17) is 4.74 Å². The van der Waals surface area contributed by atoms with Crippen LogP contribution in [0.3, 0.4) is 0 Å². The van der Waals surface area contributed by atoms with E-state index in [1.807, 2.05) is 37.3 Å². The zero-order valence-electron chi connectivity index (χ0n) is 15.0. The van der Waals surface area contributed by atoms with Gasteiger partial charge in [0.2, 0.25) is 10.0 Å². The van der Waals surface area contributed by atoms with Crippen molar-refractivity contribution in [2.45, 2.75) is 33.0 Å². The Hall–Kier alpha value is -1.96. The molecule has 0 unspecified atom stereocenters. The number of benzene rings is 2. The Morgan fingerprint density at radius 1 is 1.12 bits per heavy atom. The molecule has 0 radical (unpaired) electrons. The Bertz CT molecular complexity index is 795. The number of sulfonamides is 1. The van der Waals surface area contributed by atoms with Crippen LogP contribution in [-0.2, 0) is 23.2 Å². The van der Waals surface area contributed by atoms with Crippen molar-refractivity contribution < 1.29 is 17.5 Å². The van der Waals surface area contributed by atoms with Gasteiger partial charge < -0.3 is 10.1 Å². The SMILES string of the molecule is CCS(=O)(=O)NC[C@H](C)NCc1ccc(OCc2cccc(F)c2)cc1. The van der Waals surface area contributed by atoms with Crippen LogP contribution >= 0.6 is 0 Å². The first-order valence-electron chi connectivity index (χ1n) is 8.55. The number of hydrogen-bond acceptors (Lipinski definition) is 4. The molecule has 0 aliphatic heterocycles. The van der Waals surface area contributed by atoms with E-state index in [1.54, 1.807) is 13.0 Å². The summed E-state index contributed by atoms with van der Waals surface area (Å²) in [6, 6.07) is 13.9. The van der Waals surface area contributed by atoms with Gasteiger partial charge in [-0.15, -0.1) is 0 Å². The normalized spacial score (nSPS) is 12.7. The van der Waals surface area contributed by atoms with Gasteiger partial charge in [0.25, 0.3) is 0 Å². The average Bonchev–Trinajstić information content (AvgIpc) is 2.64.